The maximum absolute atomic E-state index is 12.8. The van der Waals surface area contributed by atoms with Gasteiger partial charge >= 0.3 is 0 Å². The molecule has 0 saturated heterocycles. The molecular formula is C24H27N7O2. The number of H-pyrrole nitrogens is 2. The minimum Gasteiger partial charge on any atom is -0.361 e. The summed E-state index contributed by atoms with van der Waals surface area (Å²) in [7, 11) is 0. The largest absolute Gasteiger partial charge is 0.361 e. The van der Waals surface area contributed by atoms with Gasteiger partial charge in [0.2, 0.25) is 11.8 Å². The molecule has 170 valence electrons. The summed E-state index contributed by atoms with van der Waals surface area (Å²) in [6, 6.07) is 17.3. The SMILES string of the molecule is CC(Cc1c[nH]c2ccccc12)C(=O)NCC(NC(=O)CCc1nn[nH]n1)c1ccccc1. The van der Waals surface area contributed by atoms with Crippen LogP contribution in [0.15, 0.2) is 60.8 Å². The number of carbonyl (C=O) groups excluding carboxylic acids is 2. The van der Waals surface area contributed by atoms with Crippen molar-refractivity contribution in [3.8, 4) is 0 Å². The number of nitrogens with one attached hydrogen (secondary N) is 4. The molecule has 9 nitrogen and oxygen atoms in total. The molecule has 0 aliphatic rings. The maximum atomic E-state index is 12.8. The zero-order chi connectivity index (χ0) is 23.0. The Bertz CT molecular complexity index is 1190. The Morgan fingerprint density at radius 1 is 1.06 bits per heavy atom. The number of hydrogen-bond acceptors (Lipinski definition) is 5. The van der Waals surface area contributed by atoms with Gasteiger partial charge in [0.1, 0.15) is 0 Å². The third kappa shape index (κ3) is 5.82. The van der Waals surface area contributed by atoms with Gasteiger partial charge in [-0.1, -0.05) is 60.7 Å². The molecule has 0 aliphatic heterocycles. The third-order valence-corrected chi connectivity index (χ3v) is 5.63. The number of carbonyl (C=O) groups is 2. The summed E-state index contributed by atoms with van der Waals surface area (Å²) >= 11 is 0. The van der Waals surface area contributed by atoms with Gasteiger partial charge in [0.05, 0.1) is 6.04 Å². The third-order valence-electron chi connectivity index (χ3n) is 5.63. The summed E-state index contributed by atoms with van der Waals surface area (Å²) < 4.78 is 0. The number of fused-ring (bicyclic) bond motifs is 1. The molecular weight excluding hydrogens is 418 g/mol. The Labute approximate surface area is 191 Å². The predicted molar refractivity (Wildman–Crippen MR) is 124 cm³/mol. The van der Waals surface area contributed by atoms with Crippen molar-refractivity contribution in [2.45, 2.75) is 32.2 Å². The van der Waals surface area contributed by atoms with Gasteiger partial charge in [-0.3, -0.25) is 9.59 Å². The number of nitrogens with zero attached hydrogens (tertiary/aromatic N) is 3. The van der Waals surface area contributed by atoms with Crippen molar-refractivity contribution in [1.29, 1.82) is 0 Å². The highest BCUT2D eigenvalue weighted by Gasteiger charge is 2.20. The zero-order valence-electron chi connectivity index (χ0n) is 18.4. The first-order valence-electron chi connectivity index (χ1n) is 11.0. The van der Waals surface area contributed by atoms with Crippen molar-refractivity contribution in [2.75, 3.05) is 6.54 Å². The highest BCUT2D eigenvalue weighted by molar-refractivity contribution is 5.85. The smallest absolute Gasteiger partial charge is 0.223 e. The van der Waals surface area contributed by atoms with E-state index >= 15 is 0 Å². The van der Waals surface area contributed by atoms with Crippen LogP contribution < -0.4 is 10.6 Å². The lowest BCUT2D eigenvalue weighted by atomic mass is 9.99. The summed E-state index contributed by atoms with van der Waals surface area (Å²) in [5.41, 5.74) is 3.10. The minimum atomic E-state index is -0.340. The highest BCUT2D eigenvalue weighted by atomic mass is 16.2. The Hall–Kier alpha value is -4.01. The lowest BCUT2D eigenvalue weighted by molar-refractivity contribution is -0.125. The number of tetrazole rings is 1. The van der Waals surface area contributed by atoms with Gasteiger partial charge < -0.3 is 15.6 Å². The van der Waals surface area contributed by atoms with Crippen molar-refractivity contribution >= 4 is 22.7 Å². The summed E-state index contributed by atoms with van der Waals surface area (Å²) in [5, 5.41) is 20.8. The zero-order valence-corrected chi connectivity index (χ0v) is 18.4. The number of para-hydroxylation sites is 1. The van der Waals surface area contributed by atoms with E-state index in [-0.39, 0.29) is 30.2 Å². The van der Waals surface area contributed by atoms with Crippen molar-refractivity contribution in [2.24, 2.45) is 5.92 Å². The molecule has 4 N–H and O–H groups in total. The van der Waals surface area contributed by atoms with Crippen LogP contribution in [0.25, 0.3) is 10.9 Å². The number of aryl methyl sites for hydroxylation is 1. The van der Waals surface area contributed by atoms with Crippen molar-refractivity contribution in [3.63, 3.8) is 0 Å². The second-order valence-electron chi connectivity index (χ2n) is 8.07. The molecule has 0 saturated carbocycles. The highest BCUT2D eigenvalue weighted by Crippen LogP contribution is 2.21. The molecule has 0 fully saturated rings. The lowest BCUT2D eigenvalue weighted by Crippen LogP contribution is -2.40. The van der Waals surface area contributed by atoms with Crippen molar-refractivity contribution < 1.29 is 9.59 Å². The second kappa shape index (κ2) is 10.5. The van der Waals surface area contributed by atoms with E-state index in [1.807, 2.05) is 61.7 Å². The van der Waals surface area contributed by atoms with Crippen LogP contribution in [-0.4, -0.2) is 44.0 Å². The predicted octanol–water partition coefficient (Wildman–Crippen LogP) is 2.47. The van der Waals surface area contributed by atoms with E-state index < -0.39 is 0 Å². The fraction of sp³-hybridized carbons (Fsp3) is 0.292. The molecule has 0 radical (unpaired) electrons. The number of aromatic nitrogens is 5. The molecule has 0 aliphatic carbocycles. The summed E-state index contributed by atoms with van der Waals surface area (Å²) in [6.45, 7) is 2.22. The van der Waals surface area contributed by atoms with Crippen LogP contribution in [0, 0.1) is 5.92 Å². The Kier molecular flexibility index (Phi) is 7.09. The molecule has 2 aromatic carbocycles. The Balaban J connectivity index is 1.35. The molecule has 2 atom stereocenters. The van der Waals surface area contributed by atoms with Gasteiger partial charge in [-0.05, 0) is 23.6 Å². The molecule has 4 rings (SSSR count). The van der Waals surface area contributed by atoms with Crippen LogP contribution >= 0.6 is 0 Å². The topological polar surface area (TPSA) is 128 Å². The summed E-state index contributed by atoms with van der Waals surface area (Å²) in [5.74, 6) is 0.0763. The maximum Gasteiger partial charge on any atom is 0.223 e. The fourth-order valence-electron chi connectivity index (χ4n) is 3.82. The lowest BCUT2D eigenvalue weighted by Gasteiger charge is -2.21. The molecule has 0 spiro atoms. The van der Waals surface area contributed by atoms with E-state index in [0.717, 1.165) is 22.0 Å². The van der Waals surface area contributed by atoms with Crippen LogP contribution in [0.4, 0.5) is 0 Å². The molecule has 2 unspecified atom stereocenters. The van der Waals surface area contributed by atoms with Crippen LogP contribution in [0.5, 0.6) is 0 Å². The van der Waals surface area contributed by atoms with Crippen molar-refractivity contribution in [3.05, 3.63) is 77.7 Å². The van der Waals surface area contributed by atoms with Crippen molar-refractivity contribution in [1.82, 2.24) is 36.2 Å². The molecule has 4 aromatic rings. The molecule has 0 bridgehead atoms. The second-order valence-corrected chi connectivity index (χ2v) is 8.07. The van der Waals surface area contributed by atoms with Gasteiger partial charge in [-0.2, -0.15) is 5.21 Å². The molecule has 2 heterocycles. The summed E-state index contributed by atoms with van der Waals surface area (Å²) in [4.78, 5) is 28.6. The van der Waals surface area contributed by atoms with Crippen LogP contribution in [0.1, 0.15) is 36.3 Å². The van der Waals surface area contributed by atoms with E-state index in [9.17, 15) is 9.59 Å². The van der Waals surface area contributed by atoms with Gasteiger partial charge in [-0.25, -0.2) is 0 Å². The van der Waals surface area contributed by atoms with Crippen LogP contribution in [0.2, 0.25) is 0 Å². The van der Waals surface area contributed by atoms with Gasteiger partial charge in [-0.15, -0.1) is 10.2 Å². The average molecular weight is 446 g/mol. The molecule has 33 heavy (non-hydrogen) atoms. The van der Waals surface area contributed by atoms with E-state index in [0.29, 0.717) is 25.2 Å². The molecule has 9 heteroatoms. The van der Waals surface area contributed by atoms with Crippen LogP contribution in [0.3, 0.4) is 0 Å². The monoisotopic (exact) mass is 445 g/mol. The first kappa shape index (κ1) is 22.2. The number of amides is 2. The average Bonchev–Trinajstić information content (AvgIpc) is 3.51. The first-order chi connectivity index (χ1) is 16.1. The van der Waals surface area contributed by atoms with E-state index in [1.165, 1.54) is 0 Å². The number of hydrogen-bond donors (Lipinski definition) is 4. The molecule has 2 amide bonds. The Morgan fingerprint density at radius 3 is 2.64 bits per heavy atom. The van der Waals surface area contributed by atoms with Crippen LogP contribution in [-0.2, 0) is 22.4 Å². The quantitative estimate of drug-likeness (QED) is 0.298. The molecule has 2 aromatic heterocycles. The normalized spacial score (nSPS) is 12.9. The summed E-state index contributed by atoms with van der Waals surface area (Å²) in [6.07, 6.45) is 3.21. The fourth-order valence-corrected chi connectivity index (χ4v) is 3.82. The van der Waals surface area contributed by atoms with E-state index in [4.69, 9.17) is 0 Å². The van der Waals surface area contributed by atoms with E-state index in [1.54, 1.807) is 0 Å². The number of rotatable bonds is 10. The van der Waals surface area contributed by atoms with Gasteiger partial charge in [0.25, 0.3) is 0 Å². The standard InChI is InChI=1S/C24H27N7O2/c1-16(13-18-14-25-20-10-6-5-9-19(18)20)24(33)26-15-21(17-7-3-2-4-8-17)27-23(32)12-11-22-28-30-31-29-22/h2-10,14,16,21,25H,11-13,15H2,1H3,(H,26,33)(H,27,32)(H,28,29,30,31). The minimum absolute atomic E-state index is 0.0535. The van der Waals surface area contributed by atoms with Gasteiger partial charge in [0, 0.05) is 42.4 Å². The Morgan fingerprint density at radius 2 is 1.85 bits per heavy atom. The number of aromatic amines is 2. The van der Waals surface area contributed by atoms with E-state index in [2.05, 4.69) is 42.3 Å². The first-order valence-corrected chi connectivity index (χ1v) is 11.0. The van der Waals surface area contributed by atoms with Gasteiger partial charge in [0.15, 0.2) is 5.82 Å². The number of benzene rings is 2.